The number of piperidine rings is 1. The van der Waals surface area contributed by atoms with E-state index in [1.54, 1.807) is 6.07 Å². The smallest absolute Gasteiger partial charge is 0.274 e. The first-order chi connectivity index (χ1) is 13.0. The van der Waals surface area contributed by atoms with Crippen molar-refractivity contribution in [1.82, 2.24) is 9.97 Å². The molecule has 2 aliphatic rings. The van der Waals surface area contributed by atoms with E-state index in [-0.39, 0.29) is 17.4 Å². The molecule has 2 aliphatic heterocycles. The Kier molecular flexibility index (Phi) is 4.75. The second-order valence-corrected chi connectivity index (χ2v) is 6.75. The Labute approximate surface area is 156 Å². The quantitative estimate of drug-likeness (QED) is 0.892. The zero-order chi connectivity index (χ0) is 18.9. The number of nitrogens with zero attached hydrogens (tertiary/aromatic N) is 3. The van der Waals surface area contributed by atoms with Crippen LogP contribution in [0.3, 0.4) is 0 Å². The molecule has 0 unspecified atom stereocenters. The topological polar surface area (TPSA) is 76.6 Å². The Morgan fingerprint density at radius 2 is 1.81 bits per heavy atom. The van der Waals surface area contributed by atoms with Crippen molar-refractivity contribution in [2.24, 2.45) is 0 Å². The van der Waals surface area contributed by atoms with Crippen LogP contribution in [0.25, 0.3) is 0 Å². The Bertz CT molecular complexity index is 827. The molecule has 142 valence electrons. The number of hydrogen-bond acceptors (Lipinski definition) is 6. The van der Waals surface area contributed by atoms with E-state index in [2.05, 4.69) is 15.3 Å². The van der Waals surface area contributed by atoms with Crippen molar-refractivity contribution < 1.29 is 18.7 Å². The first-order valence-corrected chi connectivity index (χ1v) is 8.99. The zero-order valence-electron chi connectivity index (χ0n) is 15.1. The molecule has 7 nitrogen and oxygen atoms in total. The number of nitrogens with one attached hydrogen (secondary N) is 1. The largest absolute Gasteiger partial charge is 0.347 e. The summed E-state index contributed by atoms with van der Waals surface area (Å²) in [6, 6.07) is 7.24. The lowest BCUT2D eigenvalue weighted by molar-refractivity contribution is -0.169. The highest BCUT2D eigenvalue weighted by molar-refractivity contribution is 6.03. The summed E-state index contributed by atoms with van der Waals surface area (Å²) in [6.45, 7) is 4.49. The van der Waals surface area contributed by atoms with E-state index < -0.39 is 5.79 Å². The van der Waals surface area contributed by atoms with E-state index in [0.29, 0.717) is 43.6 Å². The standard InChI is InChI=1S/C19H21FN4O3/c1-13-12-16(17(25)22-15-4-2-14(20)3-5-15)23-18(21-13)24-8-6-19(7-9-24)26-10-11-27-19/h2-5,12H,6-11H2,1H3,(H,22,25). The molecule has 2 fully saturated rings. The van der Waals surface area contributed by atoms with Crippen molar-refractivity contribution >= 4 is 17.5 Å². The highest BCUT2D eigenvalue weighted by atomic mass is 19.1. The van der Waals surface area contributed by atoms with E-state index in [4.69, 9.17) is 9.47 Å². The van der Waals surface area contributed by atoms with E-state index in [1.807, 2.05) is 11.8 Å². The molecule has 0 radical (unpaired) electrons. The van der Waals surface area contributed by atoms with Crippen LogP contribution >= 0.6 is 0 Å². The highest BCUT2D eigenvalue weighted by Gasteiger charge is 2.40. The summed E-state index contributed by atoms with van der Waals surface area (Å²) in [7, 11) is 0. The number of halogens is 1. The Hall–Kier alpha value is -2.58. The van der Waals surface area contributed by atoms with Crippen LogP contribution in [0.1, 0.15) is 29.0 Å². The van der Waals surface area contributed by atoms with Gasteiger partial charge in [-0.15, -0.1) is 0 Å². The molecular weight excluding hydrogens is 351 g/mol. The van der Waals surface area contributed by atoms with Gasteiger partial charge in [-0.05, 0) is 37.3 Å². The second-order valence-electron chi connectivity index (χ2n) is 6.75. The number of ether oxygens (including phenoxy) is 2. The fourth-order valence-electron chi connectivity index (χ4n) is 3.37. The van der Waals surface area contributed by atoms with Crippen LogP contribution in [0.4, 0.5) is 16.0 Å². The van der Waals surface area contributed by atoms with Gasteiger partial charge < -0.3 is 19.7 Å². The molecule has 2 aromatic rings. The van der Waals surface area contributed by atoms with Gasteiger partial charge >= 0.3 is 0 Å². The Morgan fingerprint density at radius 3 is 2.48 bits per heavy atom. The molecule has 1 N–H and O–H groups in total. The fraction of sp³-hybridized carbons (Fsp3) is 0.421. The number of rotatable bonds is 3. The van der Waals surface area contributed by atoms with Gasteiger partial charge in [0.2, 0.25) is 5.95 Å². The third kappa shape index (κ3) is 3.91. The van der Waals surface area contributed by atoms with Crippen molar-refractivity contribution in [1.29, 1.82) is 0 Å². The molecule has 0 bridgehead atoms. The highest BCUT2D eigenvalue weighted by Crippen LogP contribution is 2.32. The first kappa shape index (κ1) is 17.8. The van der Waals surface area contributed by atoms with Gasteiger partial charge in [-0.25, -0.2) is 14.4 Å². The third-order valence-electron chi connectivity index (χ3n) is 4.80. The van der Waals surface area contributed by atoms with Gasteiger partial charge in [-0.3, -0.25) is 4.79 Å². The first-order valence-electron chi connectivity index (χ1n) is 8.99. The van der Waals surface area contributed by atoms with Crippen molar-refractivity contribution in [3.05, 3.63) is 47.5 Å². The maximum Gasteiger partial charge on any atom is 0.274 e. The molecule has 8 heteroatoms. The number of carbonyl (C=O) groups excluding carboxylic acids is 1. The van der Waals surface area contributed by atoms with Gasteiger partial charge in [0.1, 0.15) is 11.5 Å². The minimum atomic E-state index is -0.469. The molecule has 1 amide bonds. The predicted molar refractivity (Wildman–Crippen MR) is 97.2 cm³/mol. The Balaban J connectivity index is 1.48. The number of anilines is 2. The van der Waals surface area contributed by atoms with Crippen molar-refractivity contribution in [2.75, 3.05) is 36.5 Å². The third-order valence-corrected chi connectivity index (χ3v) is 4.80. The molecule has 0 saturated carbocycles. The lowest BCUT2D eigenvalue weighted by atomic mass is 10.0. The molecule has 27 heavy (non-hydrogen) atoms. The lowest BCUT2D eigenvalue weighted by Gasteiger charge is -2.37. The van der Waals surface area contributed by atoms with Gasteiger partial charge in [0.05, 0.1) is 13.2 Å². The average molecular weight is 372 g/mol. The van der Waals surface area contributed by atoms with Gasteiger partial charge in [0.25, 0.3) is 5.91 Å². The molecule has 4 rings (SSSR count). The van der Waals surface area contributed by atoms with Crippen LogP contribution in [0.15, 0.2) is 30.3 Å². The maximum atomic E-state index is 13.0. The van der Waals surface area contributed by atoms with Crippen LogP contribution in [-0.4, -0.2) is 48.0 Å². The summed E-state index contributed by atoms with van der Waals surface area (Å²) >= 11 is 0. The number of hydrogen-bond donors (Lipinski definition) is 1. The summed E-state index contributed by atoms with van der Waals surface area (Å²) in [4.78, 5) is 23.5. The number of carbonyl (C=O) groups is 1. The molecule has 1 aromatic heterocycles. The van der Waals surface area contributed by atoms with E-state index in [9.17, 15) is 9.18 Å². The predicted octanol–water partition coefficient (Wildman–Crippen LogP) is 2.52. The molecule has 0 atom stereocenters. The lowest BCUT2D eigenvalue weighted by Crippen LogP contribution is -2.45. The normalized spacial score (nSPS) is 18.7. The fourth-order valence-corrected chi connectivity index (χ4v) is 3.37. The molecule has 2 saturated heterocycles. The summed E-state index contributed by atoms with van der Waals surface area (Å²) in [5.74, 6) is -0.661. The van der Waals surface area contributed by atoms with Crippen LogP contribution < -0.4 is 10.2 Å². The zero-order valence-corrected chi connectivity index (χ0v) is 15.1. The van der Waals surface area contributed by atoms with Gasteiger partial charge in [0.15, 0.2) is 5.79 Å². The average Bonchev–Trinajstić information content (AvgIpc) is 3.11. The summed E-state index contributed by atoms with van der Waals surface area (Å²) < 4.78 is 24.5. The molecule has 1 aromatic carbocycles. The molecule has 1 spiro atoms. The summed E-state index contributed by atoms with van der Waals surface area (Å²) in [5, 5.41) is 2.73. The van der Waals surface area contributed by atoms with Gasteiger partial charge in [-0.2, -0.15) is 0 Å². The van der Waals surface area contributed by atoms with Crippen molar-refractivity contribution in [2.45, 2.75) is 25.6 Å². The molecular formula is C19H21FN4O3. The number of amides is 1. The Morgan fingerprint density at radius 1 is 1.15 bits per heavy atom. The minimum absolute atomic E-state index is 0.274. The van der Waals surface area contributed by atoms with Gasteiger partial charge in [-0.1, -0.05) is 0 Å². The maximum absolute atomic E-state index is 13.0. The summed E-state index contributed by atoms with van der Waals surface area (Å²) in [6.07, 6.45) is 1.48. The van der Waals surface area contributed by atoms with Gasteiger partial charge in [0, 0.05) is 37.3 Å². The second kappa shape index (κ2) is 7.21. The molecule has 0 aliphatic carbocycles. The van der Waals surface area contributed by atoms with E-state index in [0.717, 1.165) is 12.8 Å². The van der Waals surface area contributed by atoms with E-state index >= 15 is 0 Å². The van der Waals surface area contributed by atoms with Crippen LogP contribution in [0.2, 0.25) is 0 Å². The summed E-state index contributed by atoms with van der Waals surface area (Å²) in [5.41, 5.74) is 1.49. The number of aromatic nitrogens is 2. The monoisotopic (exact) mass is 372 g/mol. The van der Waals surface area contributed by atoms with Crippen molar-refractivity contribution in [3.63, 3.8) is 0 Å². The number of aryl methyl sites for hydroxylation is 1. The van der Waals surface area contributed by atoms with E-state index in [1.165, 1.54) is 24.3 Å². The van der Waals surface area contributed by atoms with Crippen LogP contribution in [-0.2, 0) is 9.47 Å². The van der Waals surface area contributed by atoms with Crippen LogP contribution in [0.5, 0.6) is 0 Å². The van der Waals surface area contributed by atoms with Crippen molar-refractivity contribution in [3.8, 4) is 0 Å². The SMILES string of the molecule is Cc1cc(C(=O)Nc2ccc(F)cc2)nc(N2CCC3(CC2)OCCO3)n1. The number of benzene rings is 1. The van der Waals surface area contributed by atoms with Crippen LogP contribution in [0, 0.1) is 12.7 Å². The molecule has 3 heterocycles. The minimum Gasteiger partial charge on any atom is -0.347 e.